The van der Waals surface area contributed by atoms with Gasteiger partial charge in [0.25, 0.3) is 0 Å². The SMILES string of the molecule is Cc1cccc(-c2nnc3c4cnn(-c5ccccc5C)c4ncn23)c1. The van der Waals surface area contributed by atoms with Crippen molar-refractivity contribution in [3.8, 4) is 17.1 Å². The van der Waals surface area contributed by atoms with Gasteiger partial charge in [0, 0.05) is 5.56 Å². The summed E-state index contributed by atoms with van der Waals surface area (Å²) in [4.78, 5) is 4.65. The average molecular weight is 340 g/mol. The highest BCUT2D eigenvalue weighted by Crippen LogP contribution is 2.25. The van der Waals surface area contributed by atoms with E-state index in [0.29, 0.717) is 0 Å². The topological polar surface area (TPSA) is 60.9 Å². The van der Waals surface area contributed by atoms with E-state index in [1.54, 1.807) is 12.5 Å². The minimum atomic E-state index is 0.756. The van der Waals surface area contributed by atoms with Gasteiger partial charge in [0.1, 0.15) is 6.33 Å². The number of hydrogen-bond donors (Lipinski definition) is 0. The number of aryl methyl sites for hydroxylation is 2. The molecule has 26 heavy (non-hydrogen) atoms. The summed E-state index contributed by atoms with van der Waals surface area (Å²) >= 11 is 0. The van der Waals surface area contributed by atoms with E-state index in [2.05, 4.69) is 52.3 Å². The lowest BCUT2D eigenvalue weighted by Gasteiger charge is -2.06. The van der Waals surface area contributed by atoms with E-state index in [9.17, 15) is 0 Å². The molecule has 0 amide bonds. The van der Waals surface area contributed by atoms with Crippen LogP contribution in [0.1, 0.15) is 11.1 Å². The largest absolute Gasteiger partial charge is 0.265 e. The molecule has 0 N–H and O–H groups in total. The second-order valence-corrected chi connectivity index (χ2v) is 6.41. The second kappa shape index (κ2) is 5.49. The van der Waals surface area contributed by atoms with Crippen LogP contribution >= 0.6 is 0 Å². The molecule has 6 heteroatoms. The third kappa shape index (κ3) is 2.12. The summed E-state index contributed by atoms with van der Waals surface area (Å²) in [6.07, 6.45) is 3.57. The van der Waals surface area contributed by atoms with Crippen LogP contribution in [0.15, 0.2) is 61.1 Å². The Hall–Kier alpha value is -3.54. The van der Waals surface area contributed by atoms with E-state index in [1.807, 2.05) is 39.4 Å². The van der Waals surface area contributed by atoms with Crippen molar-refractivity contribution in [3.05, 3.63) is 72.2 Å². The van der Waals surface area contributed by atoms with Crippen molar-refractivity contribution in [2.24, 2.45) is 0 Å². The monoisotopic (exact) mass is 340 g/mol. The summed E-state index contributed by atoms with van der Waals surface area (Å²) in [5.74, 6) is 0.779. The molecule has 2 aromatic carbocycles. The van der Waals surface area contributed by atoms with Crippen molar-refractivity contribution in [2.75, 3.05) is 0 Å². The highest BCUT2D eigenvalue weighted by molar-refractivity contribution is 5.90. The molecule has 0 spiro atoms. The van der Waals surface area contributed by atoms with E-state index < -0.39 is 0 Å². The van der Waals surface area contributed by atoms with Crippen LogP contribution in [0.2, 0.25) is 0 Å². The van der Waals surface area contributed by atoms with Gasteiger partial charge in [-0.05, 0) is 31.5 Å². The van der Waals surface area contributed by atoms with Gasteiger partial charge in [-0.1, -0.05) is 42.0 Å². The Labute approximate surface area is 149 Å². The molecule has 0 aliphatic rings. The van der Waals surface area contributed by atoms with Crippen molar-refractivity contribution in [3.63, 3.8) is 0 Å². The first-order valence-corrected chi connectivity index (χ1v) is 8.43. The number of fused-ring (bicyclic) bond motifs is 3. The molecule has 3 heterocycles. The highest BCUT2D eigenvalue weighted by Gasteiger charge is 2.15. The van der Waals surface area contributed by atoms with Gasteiger partial charge in [-0.25, -0.2) is 9.67 Å². The summed E-state index contributed by atoms with van der Waals surface area (Å²) in [7, 11) is 0. The molecular formula is C20H16N6. The molecule has 0 fully saturated rings. The third-order valence-electron chi connectivity index (χ3n) is 4.60. The summed E-state index contributed by atoms with van der Waals surface area (Å²) in [6, 6.07) is 16.3. The summed E-state index contributed by atoms with van der Waals surface area (Å²) in [5, 5.41) is 14.2. The Morgan fingerprint density at radius 1 is 0.885 bits per heavy atom. The maximum atomic E-state index is 4.65. The molecule has 0 aliphatic heterocycles. The molecule has 0 unspecified atom stereocenters. The summed E-state index contributed by atoms with van der Waals surface area (Å²) < 4.78 is 3.77. The van der Waals surface area contributed by atoms with Crippen molar-refractivity contribution in [1.29, 1.82) is 0 Å². The van der Waals surface area contributed by atoms with Crippen LogP contribution in [0.25, 0.3) is 33.8 Å². The third-order valence-corrected chi connectivity index (χ3v) is 4.60. The number of hydrogen-bond acceptors (Lipinski definition) is 4. The first-order valence-electron chi connectivity index (χ1n) is 8.43. The lowest BCUT2D eigenvalue weighted by atomic mass is 10.1. The van der Waals surface area contributed by atoms with Crippen molar-refractivity contribution in [1.82, 2.24) is 29.4 Å². The van der Waals surface area contributed by atoms with Crippen LogP contribution in [0.4, 0.5) is 0 Å². The predicted octanol–water partition coefficient (Wildman–Crippen LogP) is 3.75. The predicted molar refractivity (Wildman–Crippen MR) is 100 cm³/mol. The highest BCUT2D eigenvalue weighted by atomic mass is 15.3. The van der Waals surface area contributed by atoms with Gasteiger partial charge in [0.15, 0.2) is 17.1 Å². The maximum absolute atomic E-state index is 4.65. The van der Waals surface area contributed by atoms with Crippen LogP contribution in [-0.4, -0.2) is 29.4 Å². The van der Waals surface area contributed by atoms with Gasteiger partial charge >= 0.3 is 0 Å². The lowest BCUT2D eigenvalue weighted by molar-refractivity contribution is 0.886. The molecule has 0 radical (unpaired) electrons. The van der Waals surface area contributed by atoms with Crippen LogP contribution in [0.5, 0.6) is 0 Å². The number of benzene rings is 2. The van der Waals surface area contributed by atoms with E-state index in [4.69, 9.17) is 0 Å². The fourth-order valence-corrected chi connectivity index (χ4v) is 3.28. The van der Waals surface area contributed by atoms with Crippen LogP contribution < -0.4 is 0 Å². The fraction of sp³-hybridized carbons (Fsp3) is 0.100. The molecule has 5 aromatic rings. The molecule has 5 rings (SSSR count). The van der Waals surface area contributed by atoms with E-state index >= 15 is 0 Å². The molecule has 0 saturated heterocycles. The van der Waals surface area contributed by atoms with Crippen LogP contribution in [0.3, 0.4) is 0 Å². The van der Waals surface area contributed by atoms with Crippen LogP contribution in [-0.2, 0) is 0 Å². The number of para-hydroxylation sites is 1. The van der Waals surface area contributed by atoms with Gasteiger partial charge in [0.2, 0.25) is 0 Å². The molecular weight excluding hydrogens is 324 g/mol. The molecule has 126 valence electrons. The summed E-state index contributed by atoms with van der Waals surface area (Å²) in [6.45, 7) is 4.13. The minimum Gasteiger partial charge on any atom is -0.265 e. The first kappa shape index (κ1) is 14.8. The summed E-state index contributed by atoms with van der Waals surface area (Å²) in [5.41, 5.74) is 5.88. The number of aromatic nitrogens is 6. The number of rotatable bonds is 2. The maximum Gasteiger partial charge on any atom is 0.175 e. The molecule has 3 aromatic heterocycles. The Kier molecular flexibility index (Phi) is 3.12. The quantitative estimate of drug-likeness (QED) is 0.491. The molecule has 0 atom stereocenters. The zero-order chi connectivity index (χ0) is 17.7. The van der Waals surface area contributed by atoms with Gasteiger partial charge < -0.3 is 0 Å². The zero-order valence-corrected chi connectivity index (χ0v) is 14.5. The van der Waals surface area contributed by atoms with Crippen molar-refractivity contribution in [2.45, 2.75) is 13.8 Å². The van der Waals surface area contributed by atoms with E-state index in [1.165, 1.54) is 5.56 Å². The Morgan fingerprint density at radius 3 is 2.62 bits per heavy atom. The van der Waals surface area contributed by atoms with E-state index in [-0.39, 0.29) is 0 Å². The molecule has 0 bridgehead atoms. The van der Waals surface area contributed by atoms with Gasteiger partial charge in [-0.3, -0.25) is 4.40 Å². The Morgan fingerprint density at radius 2 is 1.77 bits per heavy atom. The van der Waals surface area contributed by atoms with E-state index in [0.717, 1.165) is 39.3 Å². The average Bonchev–Trinajstić information content (AvgIpc) is 3.26. The standard InChI is InChI=1S/C20H16N6/c1-13-6-5-8-15(10-13)18-23-24-20-16-11-22-26(19(16)21-12-25(18)20)17-9-4-3-7-14(17)2/h3-12H,1-2H3. The second-order valence-electron chi connectivity index (χ2n) is 6.41. The number of nitrogens with zero attached hydrogens (tertiary/aromatic N) is 6. The van der Waals surface area contributed by atoms with Gasteiger partial charge in [-0.2, -0.15) is 5.10 Å². The molecule has 0 aliphatic carbocycles. The van der Waals surface area contributed by atoms with Crippen molar-refractivity contribution < 1.29 is 0 Å². The van der Waals surface area contributed by atoms with Crippen LogP contribution in [0, 0.1) is 13.8 Å². The Balaban J connectivity index is 1.75. The lowest BCUT2D eigenvalue weighted by Crippen LogP contribution is -2.00. The van der Waals surface area contributed by atoms with Crippen molar-refractivity contribution >= 4 is 16.7 Å². The minimum absolute atomic E-state index is 0.756. The smallest absolute Gasteiger partial charge is 0.175 e. The molecule has 0 saturated carbocycles. The Bertz CT molecular complexity index is 1260. The zero-order valence-electron chi connectivity index (χ0n) is 14.5. The van der Waals surface area contributed by atoms with Gasteiger partial charge in [0.05, 0.1) is 17.3 Å². The molecule has 6 nitrogen and oxygen atoms in total. The van der Waals surface area contributed by atoms with Gasteiger partial charge in [-0.15, -0.1) is 10.2 Å². The normalized spacial score (nSPS) is 11.5. The first-order chi connectivity index (χ1) is 12.7. The fourth-order valence-electron chi connectivity index (χ4n) is 3.28.